The Morgan fingerprint density at radius 1 is 1.19 bits per heavy atom. The van der Waals surface area contributed by atoms with Crippen molar-refractivity contribution in [1.29, 1.82) is 0 Å². The highest BCUT2D eigenvalue weighted by molar-refractivity contribution is 8.18. The first kappa shape index (κ1) is 21.3. The summed E-state index contributed by atoms with van der Waals surface area (Å²) >= 11 is 1.26. The van der Waals surface area contributed by atoms with Gasteiger partial charge in [-0.1, -0.05) is 35.9 Å². The van der Waals surface area contributed by atoms with Crippen molar-refractivity contribution in [2.24, 2.45) is 4.99 Å². The number of carbonyl (C=O) groups is 1. The normalized spacial score (nSPS) is 16.2. The largest absolute Gasteiger partial charge is 0.457 e. The Balaban J connectivity index is 1.62. The van der Waals surface area contributed by atoms with Gasteiger partial charge in [-0.2, -0.15) is 0 Å². The number of carbonyl (C=O) groups excluding carboxylic acids is 1. The van der Waals surface area contributed by atoms with E-state index in [4.69, 9.17) is 4.42 Å². The first-order valence-corrected chi connectivity index (χ1v) is 10.6. The number of hydrogen-bond acceptors (Lipinski definition) is 6. The zero-order chi connectivity index (χ0) is 22.7. The van der Waals surface area contributed by atoms with Crippen LogP contribution in [0, 0.1) is 17.0 Å². The van der Waals surface area contributed by atoms with Crippen molar-refractivity contribution in [1.82, 2.24) is 4.90 Å². The Hall–Kier alpha value is -3.91. The number of amides is 1. The summed E-state index contributed by atoms with van der Waals surface area (Å²) < 4.78 is 5.83. The third-order valence-electron chi connectivity index (χ3n) is 4.70. The molecule has 0 aliphatic carbocycles. The molecule has 1 saturated heterocycles. The molecular weight excluding hydrogens is 426 g/mol. The molecule has 1 aliphatic rings. The van der Waals surface area contributed by atoms with Gasteiger partial charge in [0.2, 0.25) is 0 Å². The van der Waals surface area contributed by atoms with Gasteiger partial charge in [0.05, 0.1) is 15.5 Å². The van der Waals surface area contributed by atoms with E-state index in [9.17, 15) is 14.9 Å². The molecule has 0 N–H and O–H groups in total. The van der Waals surface area contributed by atoms with Crippen LogP contribution in [0.5, 0.6) is 0 Å². The lowest BCUT2D eigenvalue weighted by molar-refractivity contribution is -0.384. The summed E-state index contributed by atoms with van der Waals surface area (Å²) in [6.45, 7) is 6.07. The molecule has 32 heavy (non-hydrogen) atoms. The average Bonchev–Trinajstić information content (AvgIpc) is 3.36. The van der Waals surface area contributed by atoms with E-state index in [0.29, 0.717) is 33.7 Å². The van der Waals surface area contributed by atoms with Gasteiger partial charge in [-0.05, 0) is 43.0 Å². The molecule has 1 amide bonds. The lowest BCUT2D eigenvalue weighted by Gasteiger charge is -2.12. The molecule has 8 heteroatoms. The van der Waals surface area contributed by atoms with Crippen molar-refractivity contribution in [2.45, 2.75) is 6.92 Å². The molecule has 0 bridgehead atoms. The molecule has 3 aromatic rings. The van der Waals surface area contributed by atoms with E-state index in [1.54, 1.807) is 41.3 Å². The lowest BCUT2D eigenvalue weighted by Crippen LogP contribution is -2.29. The molecular formula is C24H19N3O4S. The highest BCUT2D eigenvalue weighted by atomic mass is 32.2. The topological polar surface area (TPSA) is 89.0 Å². The summed E-state index contributed by atoms with van der Waals surface area (Å²) in [6.07, 6.45) is 3.31. The lowest BCUT2D eigenvalue weighted by atomic mass is 10.1. The first-order chi connectivity index (χ1) is 15.4. The van der Waals surface area contributed by atoms with Gasteiger partial charge < -0.3 is 4.42 Å². The number of nitrogens with zero attached hydrogens (tertiary/aromatic N) is 3. The molecule has 0 saturated carbocycles. The van der Waals surface area contributed by atoms with Gasteiger partial charge in [-0.25, -0.2) is 4.99 Å². The molecule has 0 atom stereocenters. The number of thioether (sulfide) groups is 1. The van der Waals surface area contributed by atoms with E-state index < -0.39 is 4.92 Å². The number of nitro groups is 1. The van der Waals surface area contributed by atoms with Crippen LogP contribution < -0.4 is 0 Å². The number of non-ortho nitro benzene ring substituents is 1. The van der Waals surface area contributed by atoms with Crippen molar-refractivity contribution >= 4 is 40.3 Å². The predicted molar refractivity (Wildman–Crippen MR) is 127 cm³/mol. The van der Waals surface area contributed by atoms with Gasteiger partial charge in [-0.3, -0.25) is 19.8 Å². The van der Waals surface area contributed by atoms with Gasteiger partial charge in [-0.15, -0.1) is 6.58 Å². The van der Waals surface area contributed by atoms with Crippen molar-refractivity contribution in [3.05, 3.63) is 99.7 Å². The van der Waals surface area contributed by atoms with E-state index in [0.717, 1.165) is 11.3 Å². The van der Waals surface area contributed by atoms with Crippen molar-refractivity contribution in [3.8, 4) is 11.3 Å². The highest BCUT2D eigenvalue weighted by Crippen LogP contribution is 2.35. The smallest absolute Gasteiger partial charge is 0.270 e. The second kappa shape index (κ2) is 9.07. The number of rotatable bonds is 6. The molecule has 4 rings (SSSR count). The van der Waals surface area contributed by atoms with Gasteiger partial charge >= 0.3 is 0 Å². The summed E-state index contributed by atoms with van der Waals surface area (Å²) in [4.78, 5) is 30.2. The van der Waals surface area contributed by atoms with Gasteiger partial charge in [0.25, 0.3) is 11.6 Å². The van der Waals surface area contributed by atoms with Crippen molar-refractivity contribution in [2.75, 3.05) is 6.54 Å². The number of benzene rings is 2. The zero-order valence-electron chi connectivity index (χ0n) is 17.2. The molecule has 0 radical (unpaired) electrons. The average molecular weight is 446 g/mol. The fraction of sp³-hybridized carbons (Fsp3) is 0.0833. The molecule has 1 aliphatic heterocycles. The minimum Gasteiger partial charge on any atom is -0.457 e. The SMILES string of the molecule is C=CCN1C(=O)/C(=C/c2ccc(-c3cccc([N+](=O)[O-])c3)o2)SC1=Nc1ccc(C)cc1. The maximum atomic E-state index is 12.9. The summed E-state index contributed by atoms with van der Waals surface area (Å²) in [5.41, 5.74) is 2.46. The molecule has 1 fully saturated rings. The summed E-state index contributed by atoms with van der Waals surface area (Å²) in [5.74, 6) is 0.763. The third-order valence-corrected chi connectivity index (χ3v) is 5.71. The van der Waals surface area contributed by atoms with E-state index in [2.05, 4.69) is 11.6 Å². The minimum atomic E-state index is -0.452. The fourth-order valence-corrected chi connectivity index (χ4v) is 4.09. The van der Waals surface area contributed by atoms with E-state index in [1.165, 1.54) is 23.9 Å². The van der Waals surface area contributed by atoms with Crippen LogP contribution in [-0.4, -0.2) is 27.4 Å². The van der Waals surface area contributed by atoms with Crippen LogP contribution in [0.1, 0.15) is 11.3 Å². The van der Waals surface area contributed by atoms with E-state index >= 15 is 0 Å². The van der Waals surface area contributed by atoms with Gasteiger partial charge in [0.1, 0.15) is 11.5 Å². The van der Waals surface area contributed by atoms with Crippen molar-refractivity contribution in [3.63, 3.8) is 0 Å². The zero-order valence-corrected chi connectivity index (χ0v) is 18.0. The molecule has 160 valence electrons. The number of nitro benzene ring substituents is 1. The molecule has 0 unspecified atom stereocenters. The van der Waals surface area contributed by atoms with Gasteiger partial charge in [0.15, 0.2) is 5.17 Å². The first-order valence-electron chi connectivity index (χ1n) is 9.77. The number of aryl methyl sites for hydroxylation is 1. The predicted octanol–water partition coefficient (Wildman–Crippen LogP) is 5.95. The number of furan rings is 1. The second-order valence-electron chi connectivity index (χ2n) is 7.05. The van der Waals surface area contributed by atoms with E-state index in [1.807, 2.05) is 31.2 Å². The fourth-order valence-electron chi connectivity index (χ4n) is 3.10. The quantitative estimate of drug-likeness (QED) is 0.202. The van der Waals surface area contributed by atoms with E-state index in [-0.39, 0.29) is 11.6 Å². The van der Waals surface area contributed by atoms with Gasteiger partial charge in [0, 0.05) is 30.3 Å². The van der Waals surface area contributed by atoms with Crippen LogP contribution in [0.25, 0.3) is 17.4 Å². The highest BCUT2D eigenvalue weighted by Gasteiger charge is 2.33. The molecule has 2 aromatic carbocycles. The number of amidine groups is 1. The van der Waals surface area contributed by atoms with Crippen LogP contribution in [0.2, 0.25) is 0 Å². The molecule has 7 nitrogen and oxygen atoms in total. The Kier molecular flexibility index (Phi) is 6.04. The van der Waals surface area contributed by atoms with Crippen LogP contribution in [0.15, 0.2) is 87.6 Å². The molecule has 1 aromatic heterocycles. The Morgan fingerprint density at radius 2 is 1.97 bits per heavy atom. The molecule has 2 heterocycles. The molecule has 0 spiro atoms. The van der Waals surface area contributed by atoms with Crippen LogP contribution in [0.4, 0.5) is 11.4 Å². The maximum Gasteiger partial charge on any atom is 0.270 e. The maximum absolute atomic E-state index is 12.9. The number of aliphatic imine (C=N–C) groups is 1. The van der Waals surface area contributed by atoms with Crippen LogP contribution in [0.3, 0.4) is 0 Å². The number of hydrogen-bond donors (Lipinski definition) is 0. The minimum absolute atomic E-state index is 0.0163. The van der Waals surface area contributed by atoms with Crippen molar-refractivity contribution < 1.29 is 14.1 Å². The standard InChI is InChI=1S/C24H19N3O4S/c1-3-13-26-23(28)22(32-24(26)25-18-9-7-16(2)8-10-18)15-20-11-12-21(31-20)17-5-4-6-19(14-17)27(29)30/h3-12,14-15H,1,13H2,2H3/b22-15-,25-24?. The third kappa shape index (κ3) is 4.55. The summed E-state index contributed by atoms with van der Waals surface area (Å²) in [6, 6.07) is 17.4. The summed E-state index contributed by atoms with van der Waals surface area (Å²) in [5, 5.41) is 11.6. The Bertz CT molecular complexity index is 1260. The van der Waals surface area contributed by atoms with Crippen LogP contribution >= 0.6 is 11.8 Å². The summed E-state index contributed by atoms with van der Waals surface area (Å²) in [7, 11) is 0. The monoisotopic (exact) mass is 445 g/mol. The second-order valence-corrected chi connectivity index (χ2v) is 8.06. The van der Waals surface area contributed by atoms with Crippen LogP contribution in [-0.2, 0) is 4.79 Å². The Labute approximate surface area is 188 Å². The Morgan fingerprint density at radius 3 is 2.69 bits per heavy atom.